The van der Waals surface area contributed by atoms with Crippen molar-refractivity contribution in [3.63, 3.8) is 0 Å². The van der Waals surface area contributed by atoms with Gasteiger partial charge in [-0.1, -0.05) is 24.4 Å². The van der Waals surface area contributed by atoms with Gasteiger partial charge in [0.1, 0.15) is 6.33 Å². The van der Waals surface area contributed by atoms with E-state index in [-0.39, 0.29) is 17.3 Å². The number of ether oxygens (including phenoxy) is 1. The van der Waals surface area contributed by atoms with Crippen LogP contribution >= 0.6 is 11.6 Å². The van der Waals surface area contributed by atoms with Crippen LogP contribution in [0.1, 0.15) is 25.7 Å². The third kappa shape index (κ3) is 2.79. The summed E-state index contributed by atoms with van der Waals surface area (Å²) in [6.45, 7) is 0. The standard InChI is InChI=1S/C11H16ClN3O2/c1-17-9-10(12)13-6-14-11(9)15-7-4-2-3-5-8(7)16/h6-8,16H,2-5H2,1H3,(H,13,14,15). The molecule has 5 nitrogen and oxygen atoms in total. The average Bonchev–Trinajstić information content (AvgIpc) is 2.32. The zero-order valence-corrected chi connectivity index (χ0v) is 10.4. The van der Waals surface area contributed by atoms with Gasteiger partial charge in [-0.3, -0.25) is 0 Å². The number of hydrogen-bond acceptors (Lipinski definition) is 5. The van der Waals surface area contributed by atoms with Crippen molar-refractivity contribution in [2.45, 2.75) is 37.8 Å². The van der Waals surface area contributed by atoms with Crippen LogP contribution in [0.3, 0.4) is 0 Å². The minimum atomic E-state index is -0.345. The molecule has 0 spiro atoms. The van der Waals surface area contributed by atoms with Crippen molar-refractivity contribution in [2.24, 2.45) is 0 Å². The summed E-state index contributed by atoms with van der Waals surface area (Å²) in [6, 6.07) is 0.00335. The first-order valence-electron chi connectivity index (χ1n) is 5.71. The summed E-state index contributed by atoms with van der Waals surface area (Å²) in [5.41, 5.74) is 0. The molecule has 1 aromatic heterocycles. The number of halogens is 1. The first kappa shape index (κ1) is 12.4. The van der Waals surface area contributed by atoms with Gasteiger partial charge in [-0.2, -0.15) is 0 Å². The second-order valence-electron chi connectivity index (χ2n) is 4.15. The third-order valence-corrected chi connectivity index (χ3v) is 3.29. The number of anilines is 1. The Kier molecular flexibility index (Phi) is 4.02. The van der Waals surface area contributed by atoms with E-state index in [0.29, 0.717) is 11.6 Å². The number of aromatic nitrogens is 2. The van der Waals surface area contributed by atoms with Crippen molar-refractivity contribution in [3.8, 4) is 5.75 Å². The fourth-order valence-electron chi connectivity index (χ4n) is 2.09. The Bertz CT molecular complexity index is 389. The predicted octanol–water partition coefficient (Wildman–Crippen LogP) is 1.85. The number of rotatable bonds is 3. The van der Waals surface area contributed by atoms with E-state index in [1.54, 1.807) is 0 Å². The maximum absolute atomic E-state index is 9.88. The molecule has 1 fully saturated rings. The van der Waals surface area contributed by atoms with Crippen molar-refractivity contribution >= 4 is 17.4 Å². The molecule has 2 rings (SSSR count). The number of methoxy groups -OCH3 is 1. The maximum Gasteiger partial charge on any atom is 0.198 e. The lowest BCUT2D eigenvalue weighted by Crippen LogP contribution is -2.36. The number of hydrogen-bond donors (Lipinski definition) is 2. The van der Waals surface area contributed by atoms with Gasteiger partial charge in [0.25, 0.3) is 0 Å². The Morgan fingerprint density at radius 1 is 1.41 bits per heavy atom. The Morgan fingerprint density at radius 3 is 2.88 bits per heavy atom. The normalized spacial score (nSPS) is 24.4. The van der Waals surface area contributed by atoms with E-state index in [2.05, 4.69) is 15.3 Å². The second kappa shape index (κ2) is 5.51. The summed E-state index contributed by atoms with van der Waals surface area (Å²) in [5, 5.41) is 13.3. The molecule has 0 aromatic carbocycles. The summed E-state index contributed by atoms with van der Waals surface area (Å²) in [7, 11) is 1.52. The molecule has 1 aromatic rings. The average molecular weight is 258 g/mol. The summed E-state index contributed by atoms with van der Waals surface area (Å²) < 4.78 is 5.15. The van der Waals surface area contributed by atoms with Crippen LogP contribution < -0.4 is 10.1 Å². The van der Waals surface area contributed by atoms with E-state index >= 15 is 0 Å². The molecule has 1 aliphatic rings. The first-order chi connectivity index (χ1) is 8.22. The highest BCUT2D eigenvalue weighted by molar-refractivity contribution is 6.31. The van der Waals surface area contributed by atoms with Crippen LogP contribution in [0.15, 0.2) is 6.33 Å². The molecule has 6 heteroatoms. The van der Waals surface area contributed by atoms with E-state index < -0.39 is 0 Å². The zero-order chi connectivity index (χ0) is 12.3. The number of nitrogens with one attached hydrogen (secondary N) is 1. The monoisotopic (exact) mass is 257 g/mol. The van der Waals surface area contributed by atoms with Crippen LogP contribution in [0.2, 0.25) is 5.15 Å². The molecule has 2 N–H and O–H groups in total. The van der Waals surface area contributed by atoms with Gasteiger partial charge < -0.3 is 15.2 Å². The Labute approximate surface area is 105 Å². The number of aliphatic hydroxyl groups excluding tert-OH is 1. The van der Waals surface area contributed by atoms with Crippen LogP contribution in [0.5, 0.6) is 5.75 Å². The van der Waals surface area contributed by atoms with Gasteiger partial charge in [0.05, 0.1) is 19.3 Å². The molecule has 0 bridgehead atoms. The lowest BCUT2D eigenvalue weighted by atomic mass is 9.92. The van der Waals surface area contributed by atoms with Crippen LogP contribution in [-0.4, -0.2) is 34.3 Å². The molecule has 0 saturated heterocycles. The smallest absolute Gasteiger partial charge is 0.198 e. The highest BCUT2D eigenvalue weighted by Crippen LogP contribution is 2.30. The molecular formula is C11H16ClN3O2. The zero-order valence-electron chi connectivity index (χ0n) is 9.69. The number of nitrogens with zero attached hydrogens (tertiary/aromatic N) is 2. The minimum Gasteiger partial charge on any atom is -0.490 e. The van der Waals surface area contributed by atoms with Gasteiger partial charge in [0.15, 0.2) is 16.7 Å². The minimum absolute atomic E-state index is 0.00335. The molecular weight excluding hydrogens is 242 g/mol. The molecule has 2 unspecified atom stereocenters. The fraction of sp³-hybridized carbons (Fsp3) is 0.636. The quantitative estimate of drug-likeness (QED) is 0.809. The van der Waals surface area contributed by atoms with Crippen molar-refractivity contribution in [3.05, 3.63) is 11.5 Å². The van der Waals surface area contributed by atoms with Crippen LogP contribution in [-0.2, 0) is 0 Å². The molecule has 0 radical (unpaired) electrons. The van der Waals surface area contributed by atoms with Crippen molar-refractivity contribution < 1.29 is 9.84 Å². The number of aliphatic hydroxyl groups is 1. The topological polar surface area (TPSA) is 67.3 Å². The van der Waals surface area contributed by atoms with Crippen LogP contribution in [0.25, 0.3) is 0 Å². The molecule has 17 heavy (non-hydrogen) atoms. The molecule has 2 atom stereocenters. The third-order valence-electron chi connectivity index (χ3n) is 3.02. The summed E-state index contributed by atoms with van der Waals surface area (Å²) in [6.07, 6.45) is 4.95. The molecule has 0 amide bonds. The molecule has 1 aliphatic carbocycles. The van der Waals surface area contributed by atoms with Crippen molar-refractivity contribution in [1.29, 1.82) is 0 Å². The van der Waals surface area contributed by atoms with Gasteiger partial charge in [-0.05, 0) is 12.8 Å². The van der Waals surface area contributed by atoms with Crippen molar-refractivity contribution in [1.82, 2.24) is 9.97 Å². The SMILES string of the molecule is COc1c(Cl)ncnc1NC1CCCCC1O. The van der Waals surface area contributed by atoms with Crippen molar-refractivity contribution in [2.75, 3.05) is 12.4 Å². The fourth-order valence-corrected chi connectivity index (χ4v) is 2.30. The van der Waals surface area contributed by atoms with E-state index in [1.807, 2.05) is 0 Å². The lowest BCUT2D eigenvalue weighted by molar-refractivity contribution is 0.116. The van der Waals surface area contributed by atoms with Gasteiger partial charge in [0.2, 0.25) is 0 Å². The largest absolute Gasteiger partial charge is 0.490 e. The van der Waals surface area contributed by atoms with E-state index in [9.17, 15) is 5.11 Å². The Balaban J connectivity index is 2.14. The maximum atomic E-state index is 9.88. The van der Waals surface area contributed by atoms with Crippen LogP contribution in [0, 0.1) is 0 Å². The molecule has 1 saturated carbocycles. The highest BCUT2D eigenvalue weighted by atomic mass is 35.5. The van der Waals surface area contributed by atoms with Crippen LogP contribution in [0.4, 0.5) is 5.82 Å². The van der Waals surface area contributed by atoms with E-state index in [0.717, 1.165) is 25.7 Å². The van der Waals surface area contributed by atoms with Gasteiger partial charge >= 0.3 is 0 Å². The molecule has 94 valence electrons. The summed E-state index contributed by atoms with van der Waals surface area (Å²) in [4.78, 5) is 7.95. The summed E-state index contributed by atoms with van der Waals surface area (Å²) >= 11 is 5.90. The van der Waals surface area contributed by atoms with Gasteiger partial charge in [-0.25, -0.2) is 9.97 Å². The Hall–Kier alpha value is -1.07. The van der Waals surface area contributed by atoms with E-state index in [4.69, 9.17) is 16.3 Å². The lowest BCUT2D eigenvalue weighted by Gasteiger charge is -2.29. The Morgan fingerprint density at radius 2 is 2.18 bits per heavy atom. The second-order valence-corrected chi connectivity index (χ2v) is 4.51. The molecule has 1 heterocycles. The van der Waals surface area contributed by atoms with Gasteiger partial charge in [0, 0.05) is 0 Å². The highest BCUT2D eigenvalue weighted by Gasteiger charge is 2.24. The first-order valence-corrected chi connectivity index (χ1v) is 6.09. The summed E-state index contributed by atoms with van der Waals surface area (Å²) in [5.74, 6) is 0.963. The predicted molar refractivity (Wildman–Crippen MR) is 65.5 cm³/mol. The van der Waals surface area contributed by atoms with Gasteiger partial charge in [-0.15, -0.1) is 0 Å². The van der Waals surface area contributed by atoms with E-state index in [1.165, 1.54) is 13.4 Å². The molecule has 0 aliphatic heterocycles.